The molecule has 1 saturated carbocycles. The topological polar surface area (TPSA) is 75.4 Å². The number of rotatable bonds is 5. The molecule has 33 heavy (non-hydrogen) atoms. The molecule has 0 bridgehead atoms. The summed E-state index contributed by atoms with van der Waals surface area (Å²) >= 11 is 6.15. The predicted octanol–water partition coefficient (Wildman–Crippen LogP) is 6.10. The second-order valence-electron chi connectivity index (χ2n) is 8.30. The molecule has 0 spiro atoms. The number of hydrogen-bond acceptors (Lipinski definition) is 4. The Balaban J connectivity index is 1.51. The Morgan fingerprint density at radius 2 is 1.82 bits per heavy atom. The van der Waals surface area contributed by atoms with Crippen molar-refractivity contribution in [2.24, 2.45) is 0 Å². The quantitative estimate of drug-likeness (QED) is 0.490. The van der Waals surface area contributed by atoms with Gasteiger partial charge in [-0.25, -0.2) is 4.39 Å². The predicted molar refractivity (Wildman–Crippen MR) is 125 cm³/mol. The third kappa shape index (κ3) is 4.78. The Labute approximate surface area is 196 Å². The minimum Gasteiger partial charge on any atom is -0.360 e. The van der Waals surface area contributed by atoms with Gasteiger partial charge in [0.1, 0.15) is 22.8 Å². The molecule has 2 aromatic carbocycles. The molecule has 6 nitrogen and oxygen atoms in total. The number of hydrogen-bond donors (Lipinski definition) is 1. The molecule has 4 rings (SSSR count). The van der Waals surface area contributed by atoms with Gasteiger partial charge in [-0.3, -0.25) is 9.59 Å². The highest BCUT2D eigenvalue weighted by Crippen LogP contribution is 2.34. The van der Waals surface area contributed by atoms with E-state index in [1.807, 2.05) is 11.9 Å². The summed E-state index contributed by atoms with van der Waals surface area (Å²) in [4.78, 5) is 27.7. The third-order valence-electron chi connectivity index (χ3n) is 6.12. The highest BCUT2D eigenvalue weighted by atomic mass is 35.5. The van der Waals surface area contributed by atoms with Gasteiger partial charge in [0.05, 0.1) is 10.6 Å². The highest BCUT2D eigenvalue weighted by molar-refractivity contribution is 6.33. The first-order valence-corrected chi connectivity index (χ1v) is 11.3. The van der Waals surface area contributed by atoms with Gasteiger partial charge in [0.15, 0.2) is 0 Å². The average Bonchev–Trinajstić information content (AvgIpc) is 3.20. The van der Waals surface area contributed by atoms with Gasteiger partial charge in [-0.1, -0.05) is 42.1 Å². The minimum absolute atomic E-state index is 0.00728. The Hall–Kier alpha value is -3.19. The molecule has 0 saturated heterocycles. The summed E-state index contributed by atoms with van der Waals surface area (Å²) < 4.78 is 19.6. The molecule has 0 atom stereocenters. The van der Waals surface area contributed by atoms with Crippen molar-refractivity contribution < 1.29 is 18.5 Å². The lowest BCUT2D eigenvalue weighted by Crippen LogP contribution is -2.38. The van der Waals surface area contributed by atoms with E-state index in [0.29, 0.717) is 11.3 Å². The van der Waals surface area contributed by atoms with Gasteiger partial charge in [-0.15, -0.1) is 0 Å². The van der Waals surface area contributed by atoms with Crippen LogP contribution in [0.4, 0.5) is 10.1 Å². The van der Waals surface area contributed by atoms with Crippen LogP contribution in [-0.2, 0) is 0 Å². The first-order valence-electron chi connectivity index (χ1n) is 11.0. The summed E-state index contributed by atoms with van der Waals surface area (Å²) in [5.41, 5.74) is 1.19. The fraction of sp³-hybridized carbons (Fsp3) is 0.320. The van der Waals surface area contributed by atoms with Crippen LogP contribution in [0.3, 0.4) is 0 Å². The largest absolute Gasteiger partial charge is 0.360 e. The van der Waals surface area contributed by atoms with Crippen molar-refractivity contribution in [1.82, 2.24) is 10.1 Å². The number of aromatic nitrogens is 1. The zero-order valence-corrected chi connectivity index (χ0v) is 19.3. The molecular formula is C25H25ClFN3O3. The van der Waals surface area contributed by atoms with E-state index in [9.17, 15) is 14.0 Å². The van der Waals surface area contributed by atoms with Gasteiger partial charge in [0.2, 0.25) is 0 Å². The minimum atomic E-state index is -0.602. The number of anilines is 1. The van der Waals surface area contributed by atoms with E-state index in [1.54, 1.807) is 31.2 Å². The number of aryl methyl sites for hydroxylation is 1. The number of amides is 2. The number of halogens is 2. The molecule has 8 heteroatoms. The van der Waals surface area contributed by atoms with Crippen LogP contribution in [0.2, 0.25) is 5.02 Å². The van der Waals surface area contributed by atoms with E-state index in [1.165, 1.54) is 24.6 Å². The maximum absolute atomic E-state index is 14.4. The number of carbonyl (C=O) groups is 2. The van der Waals surface area contributed by atoms with Crippen molar-refractivity contribution in [2.75, 3.05) is 12.4 Å². The molecule has 1 aromatic heterocycles. The van der Waals surface area contributed by atoms with Crippen LogP contribution in [0.15, 0.2) is 47.0 Å². The lowest BCUT2D eigenvalue weighted by atomic mass is 9.94. The molecular weight excluding hydrogens is 445 g/mol. The zero-order chi connectivity index (χ0) is 23.5. The van der Waals surface area contributed by atoms with Crippen LogP contribution in [0.25, 0.3) is 11.3 Å². The van der Waals surface area contributed by atoms with Crippen molar-refractivity contribution in [3.8, 4) is 11.3 Å². The van der Waals surface area contributed by atoms with Crippen LogP contribution in [0.5, 0.6) is 0 Å². The van der Waals surface area contributed by atoms with E-state index in [-0.39, 0.29) is 39.6 Å². The van der Waals surface area contributed by atoms with Gasteiger partial charge in [-0.05, 0) is 56.2 Å². The van der Waals surface area contributed by atoms with Gasteiger partial charge in [0.25, 0.3) is 11.8 Å². The molecule has 1 aliphatic carbocycles. The van der Waals surface area contributed by atoms with Gasteiger partial charge in [-0.2, -0.15) is 0 Å². The number of benzene rings is 2. The van der Waals surface area contributed by atoms with Gasteiger partial charge >= 0.3 is 0 Å². The number of nitrogens with zero attached hydrogens (tertiary/aromatic N) is 2. The molecule has 1 fully saturated rings. The Morgan fingerprint density at radius 1 is 1.12 bits per heavy atom. The molecule has 0 aliphatic heterocycles. The first kappa shape index (κ1) is 23.0. The Morgan fingerprint density at radius 3 is 2.48 bits per heavy atom. The summed E-state index contributed by atoms with van der Waals surface area (Å²) in [6.07, 6.45) is 5.58. The van der Waals surface area contributed by atoms with E-state index in [0.717, 1.165) is 25.7 Å². The van der Waals surface area contributed by atoms with E-state index >= 15 is 0 Å². The maximum atomic E-state index is 14.4. The van der Waals surface area contributed by atoms with E-state index in [4.69, 9.17) is 16.1 Å². The summed E-state index contributed by atoms with van der Waals surface area (Å²) in [5.74, 6) is -0.912. The number of carbonyl (C=O) groups excluding carboxylic acids is 2. The van der Waals surface area contributed by atoms with Crippen LogP contribution in [0.1, 0.15) is 58.6 Å². The zero-order valence-electron chi connectivity index (χ0n) is 18.5. The Kier molecular flexibility index (Phi) is 6.79. The van der Waals surface area contributed by atoms with Crippen molar-refractivity contribution in [2.45, 2.75) is 45.1 Å². The van der Waals surface area contributed by atoms with Crippen molar-refractivity contribution >= 4 is 29.1 Å². The van der Waals surface area contributed by atoms with E-state index in [2.05, 4.69) is 10.5 Å². The molecule has 3 aromatic rings. The molecule has 1 aliphatic rings. The second-order valence-corrected chi connectivity index (χ2v) is 8.71. The lowest BCUT2D eigenvalue weighted by Gasteiger charge is -2.31. The van der Waals surface area contributed by atoms with Crippen LogP contribution in [-0.4, -0.2) is 35.0 Å². The molecule has 2 amide bonds. The van der Waals surface area contributed by atoms with Crippen LogP contribution < -0.4 is 5.32 Å². The summed E-state index contributed by atoms with van der Waals surface area (Å²) in [6.45, 7) is 1.57. The molecule has 1 N–H and O–H groups in total. The first-order chi connectivity index (χ1) is 15.9. The van der Waals surface area contributed by atoms with Gasteiger partial charge < -0.3 is 14.7 Å². The summed E-state index contributed by atoms with van der Waals surface area (Å²) in [7, 11) is 1.85. The van der Waals surface area contributed by atoms with Crippen molar-refractivity contribution in [3.05, 3.63) is 70.2 Å². The standard InChI is InChI=1S/C25H25ClFN3O3/c1-15-21(23(29-33-15)22-19(26)9-6-10-20(22)27)24(31)28-17-13-11-16(12-14-17)25(32)30(2)18-7-4-3-5-8-18/h6,9-14,18H,3-5,7-8H2,1-2H3,(H,28,31). The molecule has 1 heterocycles. The Bertz CT molecular complexity index is 1150. The third-order valence-corrected chi connectivity index (χ3v) is 6.44. The smallest absolute Gasteiger partial charge is 0.261 e. The lowest BCUT2D eigenvalue weighted by molar-refractivity contribution is 0.0696. The highest BCUT2D eigenvalue weighted by Gasteiger charge is 2.26. The SMILES string of the molecule is Cc1onc(-c2c(F)cccc2Cl)c1C(=O)Nc1ccc(C(=O)N(C)C2CCCCC2)cc1. The summed E-state index contributed by atoms with van der Waals surface area (Å²) in [5, 5.41) is 6.75. The van der Waals surface area contributed by atoms with Crippen LogP contribution in [0, 0.1) is 12.7 Å². The average molecular weight is 470 g/mol. The fourth-order valence-corrected chi connectivity index (χ4v) is 4.51. The monoisotopic (exact) mass is 469 g/mol. The molecule has 172 valence electrons. The fourth-order valence-electron chi connectivity index (χ4n) is 4.26. The van der Waals surface area contributed by atoms with Gasteiger partial charge in [0, 0.05) is 24.3 Å². The van der Waals surface area contributed by atoms with Crippen molar-refractivity contribution in [3.63, 3.8) is 0 Å². The summed E-state index contributed by atoms with van der Waals surface area (Å²) in [6, 6.07) is 11.2. The maximum Gasteiger partial charge on any atom is 0.261 e. The second kappa shape index (κ2) is 9.75. The number of nitrogens with one attached hydrogen (secondary N) is 1. The normalized spacial score (nSPS) is 14.2. The van der Waals surface area contributed by atoms with Crippen LogP contribution >= 0.6 is 11.6 Å². The van der Waals surface area contributed by atoms with Crippen molar-refractivity contribution in [1.29, 1.82) is 0 Å². The van der Waals surface area contributed by atoms with E-state index < -0.39 is 11.7 Å². The molecule has 0 unspecified atom stereocenters. The molecule has 0 radical (unpaired) electrons.